The van der Waals surface area contributed by atoms with E-state index in [2.05, 4.69) is 5.32 Å². The second-order valence-electron chi connectivity index (χ2n) is 7.77. The number of nitrogens with zero attached hydrogens (tertiary/aromatic N) is 2. The Balaban J connectivity index is 1.75. The maximum Gasteiger partial charge on any atom is 0.417 e. The molecule has 2 atom stereocenters. The second kappa shape index (κ2) is 9.40. The summed E-state index contributed by atoms with van der Waals surface area (Å²) in [6.07, 6.45) is -4.63. The van der Waals surface area contributed by atoms with Crippen molar-refractivity contribution in [3.8, 4) is 6.07 Å². The van der Waals surface area contributed by atoms with Crippen LogP contribution in [0.5, 0.6) is 0 Å². The van der Waals surface area contributed by atoms with E-state index in [1.807, 2.05) is 31.2 Å². The summed E-state index contributed by atoms with van der Waals surface area (Å²) >= 11 is 0. The van der Waals surface area contributed by atoms with Crippen molar-refractivity contribution >= 4 is 11.6 Å². The highest BCUT2D eigenvalue weighted by Gasteiger charge is 2.39. The van der Waals surface area contributed by atoms with Crippen LogP contribution in [0.1, 0.15) is 22.3 Å². The summed E-state index contributed by atoms with van der Waals surface area (Å²) in [7, 11) is 1.54. The van der Waals surface area contributed by atoms with Crippen LogP contribution in [0, 0.1) is 30.1 Å². The molecule has 5 nitrogen and oxygen atoms in total. The Hall–Kier alpha value is -3.05. The second-order valence-corrected chi connectivity index (χ2v) is 7.77. The zero-order valence-corrected chi connectivity index (χ0v) is 17.4. The number of carbonyl (C=O) groups excluding carboxylic acids is 1. The van der Waals surface area contributed by atoms with Crippen LogP contribution < -0.4 is 10.2 Å². The molecule has 0 aliphatic carbocycles. The Kier molecular flexibility index (Phi) is 6.86. The topological polar surface area (TPSA) is 65.4 Å². The minimum Gasteiger partial charge on any atom is -0.384 e. The molecule has 164 valence electrons. The maximum absolute atomic E-state index is 13.3. The minimum absolute atomic E-state index is 0.158. The molecule has 31 heavy (non-hydrogen) atoms. The number of methoxy groups -OCH3 is 1. The smallest absolute Gasteiger partial charge is 0.384 e. The molecule has 0 bridgehead atoms. The van der Waals surface area contributed by atoms with Crippen molar-refractivity contribution in [2.75, 3.05) is 31.7 Å². The Morgan fingerprint density at radius 2 is 1.94 bits per heavy atom. The van der Waals surface area contributed by atoms with Gasteiger partial charge in [-0.15, -0.1) is 0 Å². The van der Waals surface area contributed by atoms with E-state index in [0.717, 1.165) is 17.2 Å². The number of hydrogen-bond acceptors (Lipinski definition) is 4. The van der Waals surface area contributed by atoms with Crippen molar-refractivity contribution in [3.63, 3.8) is 0 Å². The van der Waals surface area contributed by atoms with Gasteiger partial charge in [0.15, 0.2) is 0 Å². The van der Waals surface area contributed by atoms with E-state index < -0.39 is 23.2 Å². The molecule has 0 spiro atoms. The molecule has 2 aromatic carbocycles. The normalized spacial score (nSPS) is 18.6. The molecule has 1 aliphatic rings. The summed E-state index contributed by atoms with van der Waals surface area (Å²) in [6.45, 7) is 3.35. The Labute approximate surface area is 179 Å². The fourth-order valence-electron chi connectivity index (χ4n) is 3.85. The van der Waals surface area contributed by atoms with Gasteiger partial charge in [0.05, 0.1) is 29.7 Å². The molecule has 0 unspecified atom stereocenters. The van der Waals surface area contributed by atoms with Crippen LogP contribution >= 0.6 is 0 Å². The zero-order chi connectivity index (χ0) is 22.6. The van der Waals surface area contributed by atoms with Gasteiger partial charge < -0.3 is 15.0 Å². The van der Waals surface area contributed by atoms with Crippen molar-refractivity contribution in [2.45, 2.75) is 19.6 Å². The van der Waals surface area contributed by atoms with Crippen LogP contribution in [-0.2, 0) is 22.3 Å². The SMILES string of the molecule is COC[C@H]1CN(c2ccc(C#N)c(C(F)(F)F)c2)C[C@@H]1C(=O)NCc1ccc(C)cc1. The van der Waals surface area contributed by atoms with Crippen LogP contribution in [0.2, 0.25) is 0 Å². The number of nitriles is 1. The number of benzene rings is 2. The zero-order valence-electron chi connectivity index (χ0n) is 17.4. The van der Waals surface area contributed by atoms with E-state index >= 15 is 0 Å². The molecular weight excluding hydrogens is 407 g/mol. The number of aryl methyl sites for hydroxylation is 1. The molecule has 1 heterocycles. The number of nitrogens with one attached hydrogen (secondary N) is 1. The van der Waals surface area contributed by atoms with Crippen molar-refractivity contribution in [1.29, 1.82) is 5.26 Å². The first-order valence-electron chi connectivity index (χ1n) is 9.91. The average Bonchev–Trinajstić information content (AvgIpc) is 3.16. The average molecular weight is 431 g/mol. The van der Waals surface area contributed by atoms with E-state index in [1.165, 1.54) is 19.2 Å². The summed E-state index contributed by atoms with van der Waals surface area (Å²) < 4.78 is 45.3. The van der Waals surface area contributed by atoms with Gasteiger partial charge in [0.1, 0.15) is 0 Å². The van der Waals surface area contributed by atoms with Crippen LogP contribution in [0.4, 0.5) is 18.9 Å². The van der Waals surface area contributed by atoms with Crippen molar-refractivity contribution in [1.82, 2.24) is 5.32 Å². The molecule has 0 saturated carbocycles. The van der Waals surface area contributed by atoms with Crippen LogP contribution in [0.15, 0.2) is 42.5 Å². The number of anilines is 1. The highest BCUT2D eigenvalue weighted by atomic mass is 19.4. The molecule has 0 aromatic heterocycles. The van der Waals surface area contributed by atoms with Crippen LogP contribution in [0.25, 0.3) is 0 Å². The van der Waals surface area contributed by atoms with Gasteiger partial charge in [-0.2, -0.15) is 18.4 Å². The first-order valence-corrected chi connectivity index (χ1v) is 9.91. The van der Waals surface area contributed by atoms with E-state index in [9.17, 15) is 18.0 Å². The Morgan fingerprint density at radius 3 is 2.55 bits per heavy atom. The summed E-state index contributed by atoms with van der Waals surface area (Å²) in [5, 5.41) is 11.9. The number of amides is 1. The van der Waals surface area contributed by atoms with Gasteiger partial charge in [-0.1, -0.05) is 29.8 Å². The Morgan fingerprint density at radius 1 is 1.23 bits per heavy atom. The third-order valence-electron chi connectivity index (χ3n) is 5.54. The molecule has 1 saturated heterocycles. The lowest BCUT2D eigenvalue weighted by molar-refractivity contribution is -0.137. The molecule has 1 N–H and O–H groups in total. The van der Waals surface area contributed by atoms with E-state index in [1.54, 1.807) is 11.0 Å². The Bertz CT molecular complexity index is 968. The number of alkyl halides is 3. The lowest BCUT2D eigenvalue weighted by Crippen LogP contribution is -2.36. The fraction of sp³-hybridized carbons (Fsp3) is 0.391. The highest BCUT2D eigenvalue weighted by molar-refractivity contribution is 5.80. The minimum atomic E-state index is -4.63. The third-order valence-corrected chi connectivity index (χ3v) is 5.54. The number of rotatable bonds is 6. The molecule has 1 aliphatic heterocycles. The van der Waals surface area contributed by atoms with Crippen molar-refractivity contribution < 1.29 is 22.7 Å². The molecule has 1 amide bonds. The third kappa shape index (κ3) is 5.36. The monoisotopic (exact) mass is 431 g/mol. The van der Waals surface area contributed by atoms with Gasteiger partial charge in [-0.25, -0.2) is 0 Å². The molecule has 0 radical (unpaired) electrons. The largest absolute Gasteiger partial charge is 0.417 e. The van der Waals surface area contributed by atoms with E-state index in [0.29, 0.717) is 25.4 Å². The number of halogens is 3. The first-order chi connectivity index (χ1) is 14.7. The molecule has 3 rings (SSSR count). The molecular formula is C23H24F3N3O2. The first kappa shape index (κ1) is 22.6. The van der Waals surface area contributed by atoms with Crippen molar-refractivity contribution in [3.05, 3.63) is 64.7 Å². The predicted octanol–water partition coefficient (Wildman–Crippen LogP) is 3.90. The van der Waals surface area contributed by atoms with Crippen LogP contribution in [-0.4, -0.2) is 32.7 Å². The van der Waals surface area contributed by atoms with Gasteiger partial charge in [0, 0.05) is 38.3 Å². The number of carbonyl (C=O) groups is 1. The lowest BCUT2D eigenvalue weighted by Gasteiger charge is -2.20. The quantitative estimate of drug-likeness (QED) is 0.754. The van der Waals surface area contributed by atoms with Gasteiger partial charge in [0.25, 0.3) is 0 Å². The van der Waals surface area contributed by atoms with Gasteiger partial charge in [-0.05, 0) is 30.7 Å². The van der Waals surface area contributed by atoms with Gasteiger partial charge in [-0.3, -0.25) is 4.79 Å². The maximum atomic E-state index is 13.3. The highest BCUT2D eigenvalue weighted by Crippen LogP contribution is 2.36. The van der Waals surface area contributed by atoms with Gasteiger partial charge in [0.2, 0.25) is 5.91 Å². The fourth-order valence-corrected chi connectivity index (χ4v) is 3.85. The molecule has 2 aromatic rings. The van der Waals surface area contributed by atoms with Crippen molar-refractivity contribution in [2.24, 2.45) is 11.8 Å². The number of hydrogen-bond donors (Lipinski definition) is 1. The predicted molar refractivity (Wildman–Crippen MR) is 110 cm³/mol. The van der Waals surface area contributed by atoms with Crippen LogP contribution in [0.3, 0.4) is 0 Å². The standard InChI is InChI=1S/C23H24F3N3O2/c1-15-3-5-16(6-4-15)11-28-22(30)20-13-29(12-18(20)14-31-2)19-8-7-17(10-27)21(9-19)23(24,25)26/h3-9,18,20H,11-14H2,1-2H3,(H,28,30)/t18-,20+/m1/s1. The summed E-state index contributed by atoms with van der Waals surface area (Å²) in [6, 6.07) is 13.1. The number of ether oxygens (including phenoxy) is 1. The lowest BCUT2D eigenvalue weighted by atomic mass is 9.96. The summed E-state index contributed by atoms with van der Waals surface area (Å²) in [5.74, 6) is -0.738. The summed E-state index contributed by atoms with van der Waals surface area (Å²) in [4.78, 5) is 14.6. The van der Waals surface area contributed by atoms with E-state index in [4.69, 9.17) is 10.00 Å². The molecule has 1 fully saturated rings. The van der Waals surface area contributed by atoms with E-state index in [-0.39, 0.29) is 18.4 Å². The van der Waals surface area contributed by atoms with Gasteiger partial charge >= 0.3 is 6.18 Å². The molecule has 8 heteroatoms. The summed E-state index contributed by atoms with van der Waals surface area (Å²) in [5.41, 5.74) is 1.04.